The average Bonchev–Trinajstić information content (AvgIpc) is 2.68. The summed E-state index contributed by atoms with van der Waals surface area (Å²) in [6, 6.07) is 4.89. The number of amides is 1. The summed E-state index contributed by atoms with van der Waals surface area (Å²) in [5.41, 5.74) is -1.02. The zero-order valence-corrected chi connectivity index (χ0v) is 16.0. The Bertz CT molecular complexity index is 954. The van der Waals surface area contributed by atoms with Crippen LogP contribution in [0.3, 0.4) is 0 Å². The number of pyridine rings is 1. The summed E-state index contributed by atoms with van der Waals surface area (Å²) in [5.74, 6) is -2.64. The monoisotopic (exact) mass is 408 g/mol. The van der Waals surface area contributed by atoms with Crippen molar-refractivity contribution in [1.29, 1.82) is 0 Å². The molecule has 3 N–H and O–H groups in total. The number of carbonyl (C=O) groups excluding carboxylic acids is 2. The van der Waals surface area contributed by atoms with E-state index in [-0.39, 0.29) is 11.3 Å². The number of methoxy groups -OCH3 is 2. The van der Waals surface area contributed by atoms with E-state index < -0.39 is 47.7 Å². The number of benzene rings is 1. The number of carbonyl (C=O) groups is 2. The van der Waals surface area contributed by atoms with E-state index in [1.165, 1.54) is 24.3 Å². The van der Waals surface area contributed by atoms with Gasteiger partial charge >= 0.3 is 5.97 Å². The molecular formula is C19H21FN2O7. The van der Waals surface area contributed by atoms with E-state index in [4.69, 9.17) is 4.74 Å². The lowest BCUT2D eigenvalue weighted by Gasteiger charge is -2.19. The van der Waals surface area contributed by atoms with E-state index in [0.717, 1.165) is 25.0 Å². The number of aliphatic hydroxyl groups excluding tert-OH is 1. The molecule has 0 radical (unpaired) electrons. The smallest absolute Gasteiger partial charge is 0.358 e. The van der Waals surface area contributed by atoms with Gasteiger partial charge in [0.05, 0.1) is 26.8 Å². The Kier molecular flexibility index (Phi) is 7.08. The lowest BCUT2D eigenvalue weighted by Crippen LogP contribution is -2.34. The highest BCUT2D eigenvalue weighted by molar-refractivity contribution is 5.97. The predicted molar refractivity (Wildman–Crippen MR) is 99.1 cm³/mol. The van der Waals surface area contributed by atoms with E-state index >= 15 is 0 Å². The third-order valence-corrected chi connectivity index (χ3v) is 4.14. The molecule has 0 aliphatic heterocycles. The number of rotatable bonds is 7. The first-order valence-electron chi connectivity index (χ1n) is 8.51. The number of ether oxygens (including phenoxy) is 2. The fourth-order valence-electron chi connectivity index (χ4n) is 2.73. The first-order chi connectivity index (χ1) is 13.7. The van der Waals surface area contributed by atoms with Crippen LogP contribution in [0.25, 0.3) is 0 Å². The second-order valence-corrected chi connectivity index (χ2v) is 6.13. The zero-order chi connectivity index (χ0) is 21.7. The highest BCUT2D eigenvalue weighted by Crippen LogP contribution is 2.18. The van der Waals surface area contributed by atoms with Crippen molar-refractivity contribution < 1.29 is 33.7 Å². The Labute approximate surface area is 165 Å². The van der Waals surface area contributed by atoms with E-state index in [1.807, 2.05) is 0 Å². The highest BCUT2D eigenvalue weighted by Gasteiger charge is 2.27. The van der Waals surface area contributed by atoms with Gasteiger partial charge in [-0.05, 0) is 24.6 Å². The third-order valence-electron chi connectivity index (χ3n) is 4.14. The SMILES string of the molecule is COC(=O)c1c(OC)c(=O)c(C(=O)NC(C)c2ccc(F)cc2)cn1CC(O)O. The molecule has 156 valence electrons. The van der Waals surface area contributed by atoms with Gasteiger partial charge in [-0.3, -0.25) is 9.59 Å². The molecule has 1 atom stereocenters. The second-order valence-electron chi connectivity index (χ2n) is 6.13. The fourth-order valence-corrected chi connectivity index (χ4v) is 2.73. The quantitative estimate of drug-likeness (QED) is 0.452. The Morgan fingerprint density at radius 2 is 1.83 bits per heavy atom. The van der Waals surface area contributed by atoms with E-state index in [9.17, 15) is 29.0 Å². The van der Waals surface area contributed by atoms with Crippen molar-refractivity contribution in [2.45, 2.75) is 25.8 Å². The van der Waals surface area contributed by atoms with Gasteiger partial charge in [-0.1, -0.05) is 12.1 Å². The van der Waals surface area contributed by atoms with Crippen LogP contribution in [0.2, 0.25) is 0 Å². The molecule has 0 spiro atoms. The van der Waals surface area contributed by atoms with Crippen molar-refractivity contribution in [3.63, 3.8) is 0 Å². The van der Waals surface area contributed by atoms with Crippen molar-refractivity contribution in [2.75, 3.05) is 14.2 Å². The van der Waals surface area contributed by atoms with Gasteiger partial charge in [-0.15, -0.1) is 0 Å². The summed E-state index contributed by atoms with van der Waals surface area (Å²) in [6.45, 7) is 1.12. The molecular weight excluding hydrogens is 387 g/mol. The highest BCUT2D eigenvalue weighted by atomic mass is 19.1. The van der Waals surface area contributed by atoms with Crippen molar-refractivity contribution in [3.8, 4) is 5.75 Å². The number of esters is 1. The number of nitrogens with one attached hydrogen (secondary N) is 1. The molecule has 1 amide bonds. The molecule has 0 fully saturated rings. The van der Waals surface area contributed by atoms with E-state index in [2.05, 4.69) is 10.1 Å². The molecule has 0 aliphatic carbocycles. The molecule has 1 heterocycles. The molecule has 0 saturated carbocycles. The Hall–Kier alpha value is -3.24. The van der Waals surface area contributed by atoms with Crippen molar-refractivity contribution >= 4 is 11.9 Å². The van der Waals surface area contributed by atoms with E-state index in [1.54, 1.807) is 6.92 Å². The number of aliphatic hydroxyl groups is 2. The molecule has 0 aliphatic rings. The molecule has 1 aromatic carbocycles. The number of hydrogen-bond acceptors (Lipinski definition) is 7. The molecule has 10 heteroatoms. The first kappa shape index (κ1) is 22.1. The van der Waals surface area contributed by atoms with Gasteiger partial charge in [-0.25, -0.2) is 9.18 Å². The number of nitrogens with zero attached hydrogens (tertiary/aromatic N) is 1. The zero-order valence-electron chi connectivity index (χ0n) is 16.0. The molecule has 0 saturated heterocycles. The average molecular weight is 408 g/mol. The molecule has 2 rings (SSSR count). The maximum atomic E-state index is 13.1. The predicted octanol–water partition coefficient (Wildman–Crippen LogP) is 0.584. The summed E-state index contributed by atoms with van der Waals surface area (Å²) in [7, 11) is 2.21. The first-order valence-corrected chi connectivity index (χ1v) is 8.51. The number of halogens is 1. The lowest BCUT2D eigenvalue weighted by molar-refractivity contribution is -0.0519. The summed E-state index contributed by atoms with van der Waals surface area (Å²) in [5, 5.41) is 21.2. The number of aromatic nitrogens is 1. The van der Waals surface area contributed by atoms with Crippen LogP contribution in [0.15, 0.2) is 35.3 Å². The van der Waals surface area contributed by atoms with Crippen LogP contribution in [-0.2, 0) is 11.3 Å². The maximum absolute atomic E-state index is 13.1. The van der Waals surface area contributed by atoms with Crippen LogP contribution in [0.1, 0.15) is 39.4 Å². The maximum Gasteiger partial charge on any atom is 0.358 e. The Balaban J connectivity index is 2.48. The van der Waals surface area contributed by atoms with Gasteiger partial charge in [0.25, 0.3) is 5.91 Å². The Morgan fingerprint density at radius 3 is 2.34 bits per heavy atom. The van der Waals surface area contributed by atoms with Crippen molar-refractivity contribution in [3.05, 3.63) is 63.3 Å². The van der Waals surface area contributed by atoms with Crippen molar-refractivity contribution in [2.24, 2.45) is 0 Å². The van der Waals surface area contributed by atoms with Crippen LogP contribution in [0.4, 0.5) is 4.39 Å². The summed E-state index contributed by atoms with van der Waals surface area (Å²) in [6.07, 6.45) is -0.858. The van der Waals surface area contributed by atoms with Gasteiger partial charge in [0, 0.05) is 6.20 Å². The molecule has 1 aromatic heterocycles. The van der Waals surface area contributed by atoms with E-state index in [0.29, 0.717) is 5.56 Å². The second kappa shape index (κ2) is 9.30. The molecule has 9 nitrogen and oxygen atoms in total. The molecule has 2 aromatic rings. The van der Waals surface area contributed by atoms with Gasteiger partial charge in [-0.2, -0.15) is 0 Å². The van der Waals surface area contributed by atoms with Crippen LogP contribution < -0.4 is 15.5 Å². The standard InChI is InChI=1S/C19H21FN2O7/c1-10(11-4-6-12(20)7-5-11)21-18(26)13-8-22(9-14(23)24)15(19(27)29-3)17(28-2)16(13)25/h4-8,10,14,23-24H,9H2,1-3H3,(H,21,26). The van der Waals surface area contributed by atoms with Gasteiger partial charge in [0.1, 0.15) is 11.4 Å². The summed E-state index contributed by atoms with van der Waals surface area (Å²) in [4.78, 5) is 37.4. The van der Waals surface area contributed by atoms with Gasteiger partial charge < -0.3 is 29.6 Å². The van der Waals surface area contributed by atoms with Crippen LogP contribution in [-0.4, -0.2) is 47.2 Å². The molecule has 1 unspecified atom stereocenters. The van der Waals surface area contributed by atoms with Gasteiger partial charge in [0.2, 0.25) is 5.43 Å². The number of hydrogen-bond donors (Lipinski definition) is 3. The minimum absolute atomic E-state index is 0.365. The minimum Gasteiger partial charge on any atom is -0.491 e. The topological polar surface area (TPSA) is 127 Å². The summed E-state index contributed by atoms with van der Waals surface area (Å²) >= 11 is 0. The van der Waals surface area contributed by atoms with Crippen LogP contribution in [0.5, 0.6) is 5.75 Å². The van der Waals surface area contributed by atoms with Gasteiger partial charge in [0.15, 0.2) is 17.7 Å². The molecule has 0 bridgehead atoms. The third kappa shape index (κ3) is 4.98. The fraction of sp³-hybridized carbons (Fsp3) is 0.316. The largest absolute Gasteiger partial charge is 0.491 e. The summed E-state index contributed by atoms with van der Waals surface area (Å²) < 4.78 is 23.7. The normalized spacial score (nSPS) is 11.8. The molecule has 29 heavy (non-hydrogen) atoms. The lowest BCUT2D eigenvalue weighted by atomic mass is 10.1. The van der Waals surface area contributed by atoms with Crippen LogP contribution in [0, 0.1) is 5.82 Å². The minimum atomic E-state index is -1.88. The van der Waals surface area contributed by atoms with Crippen LogP contribution >= 0.6 is 0 Å². The van der Waals surface area contributed by atoms with Crippen molar-refractivity contribution in [1.82, 2.24) is 9.88 Å². The Morgan fingerprint density at radius 1 is 1.21 bits per heavy atom.